The summed E-state index contributed by atoms with van der Waals surface area (Å²) in [6.07, 6.45) is -2.27. The Bertz CT molecular complexity index is 1310. The van der Waals surface area contributed by atoms with E-state index in [0.717, 1.165) is 5.56 Å². The maximum absolute atomic E-state index is 15.0. The van der Waals surface area contributed by atoms with Crippen LogP contribution < -0.4 is 0 Å². The van der Waals surface area contributed by atoms with Crippen molar-refractivity contribution >= 4 is 17.7 Å². The van der Waals surface area contributed by atoms with E-state index in [1.807, 2.05) is 19.9 Å². The lowest BCUT2D eigenvalue weighted by Gasteiger charge is -2.73. The van der Waals surface area contributed by atoms with Crippen LogP contribution in [0.3, 0.4) is 0 Å². The van der Waals surface area contributed by atoms with Crippen molar-refractivity contribution in [2.24, 2.45) is 33.5 Å². The molecule has 11 heteroatoms. The van der Waals surface area contributed by atoms with E-state index < -0.39 is 87.5 Å². The average Bonchev–Trinajstić information content (AvgIpc) is 3.26. The van der Waals surface area contributed by atoms with Crippen molar-refractivity contribution in [3.8, 4) is 0 Å². The maximum atomic E-state index is 15.0. The van der Waals surface area contributed by atoms with Gasteiger partial charge in [-0.15, -0.1) is 0 Å². The SMILES string of the molecule is CC(=O)O[C@@H]1C[C@H](O)[C@@]23CO[C@@H](O)[C@@]1(C)[C@@H]2C[C@@H](O)[C@]1(C)[C@@H]3C(=O)[C@H](OC(C)=O)[C@@]2(C)[C@H](c3ccoc3)C[C@H]3O[C@]321. The predicted molar refractivity (Wildman–Crippen MR) is 137 cm³/mol. The van der Waals surface area contributed by atoms with Crippen molar-refractivity contribution in [2.75, 3.05) is 6.61 Å². The van der Waals surface area contributed by atoms with Crippen molar-refractivity contribution < 1.29 is 53.1 Å². The summed E-state index contributed by atoms with van der Waals surface area (Å²) >= 11 is 0. The molecule has 14 atom stereocenters. The van der Waals surface area contributed by atoms with E-state index in [0.29, 0.717) is 6.42 Å². The first-order chi connectivity index (χ1) is 19.2. The molecule has 0 unspecified atom stereocenters. The van der Waals surface area contributed by atoms with Crippen LogP contribution in [0.15, 0.2) is 23.0 Å². The molecule has 0 amide bonds. The number of Topliss-reactive ketones (excluding diaryl/α,β-unsaturated/α-hetero) is 1. The highest BCUT2D eigenvalue weighted by Gasteiger charge is 2.92. The first kappa shape index (κ1) is 27.5. The van der Waals surface area contributed by atoms with Crippen LogP contribution in [-0.2, 0) is 33.3 Å². The molecule has 6 fully saturated rings. The molecule has 7 rings (SSSR count). The molecule has 2 bridgehead atoms. The predicted octanol–water partition coefficient (Wildman–Crippen LogP) is 1.47. The molecule has 1 aromatic rings. The van der Waals surface area contributed by atoms with Crippen LogP contribution in [0, 0.1) is 33.5 Å². The van der Waals surface area contributed by atoms with E-state index >= 15 is 4.79 Å². The fourth-order valence-electron chi connectivity index (χ4n) is 11.0. The van der Waals surface area contributed by atoms with Gasteiger partial charge in [0.25, 0.3) is 0 Å². The van der Waals surface area contributed by atoms with Gasteiger partial charge in [-0.3, -0.25) is 14.4 Å². The molecule has 41 heavy (non-hydrogen) atoms. The molecule has 224 valence electrons. The molecule has 0 aromatic carbocycles. The summed E-state index contributed by atoms with van der Waals surface area (Å²) < 4.78 is 29.5. The van der Waals surface area contributed by atoms with Gasteiger partial charge < -0.3 is 38.7 Å². The minimum Gasteiger partial charge on any atom is -0.472 e. The van der Waals surface area contributed by atoms with E-state index in [-0.39, 0.29) is 31.5 Å². The summed E-state index contributed by atoms with van der Waals surface area (Å²) in [5.41, 5.74) is -4.93. The zero-order valence-electron chi connectivity index (χ0n) is 23.9. The number of epoxide rings is 1. The van der Waals surface area contributed by atoms with Gasteiger partial charge in [-0.2, -0.15) is 0 Å². The van der Waals surface area contributed by atoms with E-state index in [9.17, 15) is 24.9 Å². The highest BCUT2D eigenvalue weighted by Crippen LogP contribution is 2.82. The van der Waals surface area contributed by atoms with Gasteiger partial charge in [0.15, 0.2) is 18.2 Å². The number of rotatable bonds is 3. The van der Waals surface area contributed by atoms with Gasteiger partial charge >= 0.3 is 11.9 Å². The number of aliphatic hydroxyl groups excluding tert-OH is 3. The largest absolute Gasteiger partial charge is 0.472 e. The molecular formula is C30H38O11. The second-order valence-electron chi connectivity index (χ2n) is 13.9. The summed E-state index contributed by atoms with van der Waals surface area (Å²) in [6.45, 7) is 7.85. The highest BCUT2D eigenvalue weighted by molar-refractivity contribution is 5.93. The molecule has 1 aromatic heterocycles. The highest BCUT2D eigenvalue weighted by atomic mass is 16.6. The molecule has 0 radical (unpaired) electrons. The fraction of sp³-hybridized carbons (Fsp3) is 0.767. The van der Waals surface area contributed by atoms with Crippen molar-refractivity contribution in [1.82, 2.24) is 0 Å². The van der Waals surface area contributed by atoms with Crippen LogP contribution in [0.4, 0.5) is 0 Å². The Hall–Kier alpha value is -2.31. The lowest BCUT2D eigenvalue weighted by Crippen LogP contribution is -2.82. The zero-order chi connectivity index (χ0) is 29.5. The first-order valence-electron chi connectivity index (χ1n) is 14.5. The minimum atomic E-state index is -1.36. The topological polar surface area (TPSA) is 165 Å². The number of aliphatic hydroxyl groups is 3. The number of ketones is 1. The van der Waals surface area contributed by atoms with Gasteiger partial charge in [0.05, 0.1) is 48.3 Å². The molecule has 2 saturated heterocycles. The number of hydrogen-bond acceptors (Lipinski definition) is 11. The smallest absolute Gasteiger partial charge is 0.303 e. The lowest BCUT2D eigenvalue weighted by molar-refractivity contribution is -0.373. The summed E-state index contributed by atoms with van der Waals surface area (Å²) in [5.74, 6) is -3.56. The van der Waals surface area contributed by atoms with Crippen molar-refractivity contribution in [1.29, 1.82) is 0 Å². The van der Waals surface area contributed by atoms with Gasteiger partial charge in [0.1, 0.15) is 11.7 Å². The maximum Gasteiger partial charge on any atom is 0.303 e. The van der Waals surface area contributed by atoms with Crippen LogP contribution in [0.25, 0.3) is 0 Å². The molecule has 4 aliphatic carbocycles. The third kappa shape index (κ3) is 2.85. The van der Waals surface area contributed by atoms with Crippen LogP contribution in [0.5, 0.6) is 0 Å². The van der Waals surface area contributed by atoms with Crippen molar-refractivity contribution in [2.45, 2.75) is 102 Å². The van der Waals surface area contributed by atoms with Crippen LogP contribution in [0.1, 0.15) is 65.4 Å². The average molecular weight is 575 g/mol. The Morgan fingerprint density at radius 2 is 1.68 bits per heavy atom. The third-order valence-electron chi connectivity index (χ3n) is 12.6. The summed E-state index contributed by atoms with van der Waals surface area (Å²) in [4.78, 5) is 39.7. The molecule has 3 heterocycles. The van der Waals surface area contributed by atoms with Crippen LogP contribution in [0.2, 0.25) is 0 Å². The van der Waals surface area contributed by atoms with Gasteiger partial charge in [-0.1, -0.05) is 20.8 Å². The third-order valence-corrected chi connectivity index (χ3v) is 12.6. The lowest BCUT2D eigenvalue weighted by atomic mass is 9.33. The van der Waals surface area contributed by atoms with E-state index in [2.05, 4.69) is 0 Å². The molecule has 6 aliphatic rings. The van der Waals surface area contributed by atoms with E-state index in [1.54, 1.807) is 19.5 Å². The Morgan fingerprint density at radius 1 is 0.976 bits per heavy atom. The summed E-state index contributed by atoms with van der Waals surface area (Å²) in [7, 11) is 0. The monoisotopic (exact) mass is 574 g/mol. The second-order valence-corrected chi connectivity index (χ2v) is 13.9. The fourth-order valence-corrected chi connectivity index (χ4v) is 11.0. The van der Waals surface area contributed by atoms with Crippen molar-refractivity contribution in [3.63, 3.8) is 0 Å². The number of fused-ring (bicyclic) bond motifs is 1. The van der Waals surface area contributed by atoms with Crippen LogP contribution >= 0.6 is 0 Å². The number of carbonyl (C=O) groups excluding carboxylic acids is 3. The van der Waals surface area contributed by atoms with Crippen molar-refractivity contribution in [3.05, 3.63) is 24.2 Å². The first-order valence-corrected chi connectivity index (χ1v) is 14.5. The minimum absolute atomic E-state index is 0.0205. The van der Waals surface area contributed by atoms with Crippen LogP contribution in [-0.4, -0.2) is 82.1 Å². The van der Waals surface area contributed by atoms with Gasteiger partial charge in [-0.25, -0.2) is 0 Å². The quantitative estimate of drug-likeness (QED) is 0.354. The zero-order valence-corrected chi connectivity index (χ0v) is 23.9. The number of hydrogen-bond donors (Lipinski definition) is 3. The van der Waals surface area contributed by atoms with E-state index in [4.69, 9.17) is 23.4 Å². The standard InChI is InChI=1S/C30H38O11/c1-13(31)39-20-10-19(34)29-12-38-25(36)26(20,3)17(29)9-18(33)28(5)23(29)22(35)24(40-14(2)32)27(4)16(15-6-7-37-11-15)8-21-30(27,28)41-21/h6-7,11,16-21,23-25,33-34,36H,8-10,12H2,1-5H3/t16-,17-,18+,19-,20+,21+,23-,24-,25+,26-,27+,28+,29+,30+/m0/s1. The number of esters is 2. The molecule has 1 spiro atoms. The number of ether oxygens (including phenoxy) is 4. The normalized spacial score (nSPS) is 54.7. The molecule has 2 aliphatic heterocycles. The van der Waals surface area contributed by atoms with E-state index in [1.165, 1.54) is 13.8 Å². The van der Waals surface area contributed by atoms with Gasteiger partial charge in [0, 0.05) is 42.9 Å². The molecule has 11 nitrogen and oxygen atoms in total. The second kappa shape index (κ2) is 8.19. The Morgan fingerprint density at radius 3 is 2.32 bits per heavy atom. The van der Waals surface area contributed by atoms with Gasteiger partial charge in [0.2, 0.25) is 0 Å². The molecule has 4 saturated carbocycles. The Kier molecular flexibility index (Phi) is 5.50. The number of carbonyl (C=O) groups is 3. The van der Waals surface area contributed by atoms with Gasteiger partial charge in [-0.05, 0) is 30.4 Å². The number of furan rings is 1. The Labute approximate surface area is 237 Å². The molecular weight excluding hydrogens is 536 g/mol. The summed E-state index contributed by atoms with van der Waals surface area (Å²) in [5, 5.41) is 35.4. The Balaban J connectivity index is 1.44. The summed E-state index contributed by atoms with van der Waals surface area (Å²) in [6, 6.07) is 1.84. The molecule has 3 N–H and O–H groups in total.